The van der Waals surface area contributed by atoms with Crippen molar-refractivity contribution < 1.29 is 13.9 Å². The minimum absolute atomic E-state index is 0.237. The lowest BCUT2D eigenvalue weighted by Crippen LogP contribution is -2.07. The van der Waals surface area contributed by atoms with Crippen LogP contribution in [-0.2, 0) is 7.05 Å². The number of rotatable bonds is 1. The van der Waals surface area contributed by atoms with Crippen molar-refractivity contribution in [3.8, 4) is 17.1 Å². The fourth-order valence-corrected chi connectivity index (χ4v) is 2.68. The number of hydrogen-bond donors (Lipinski definition) is 1. The lowest BCUT2D eigenvalue weighted by atomic mass is 10.1. The zero-order valence-corrected chi connectivity index (χ0v) is 12.1. The van der Waals surface area contributed by atoms with Crippen molar-refractivity contribution in [2.75, 3.05) is 0 Å². The van der Waals surface area contributed by atoms with Crippen molar-refractivity contribution >= 4 is 22.0 Å². The zero-order valence-electron chi connectivity index (χ0n) is 12.1. The zero-order chi connectivity index (χ0) is 16.1. The molecule has 5 nitrogen and oxygen atoms in total. The lowest BCUT2D eigenvalue weighted by Gasteiger charge is -2.04. The molecule has 1 N–H and O–H groups in total. The van der Waals surface area contributed by atoms with Gasteiger partial charge in [0.05, 0.1) is 11.0 Å². The summed E-state index contributed by atoms with van der Waals surface area (Å²) in [4.78, 5) is 16.7. The van der Waals surface area contributed by atoms with E-state index in [1.807, 2.05) is 24.3 Å². The number of benzene rings is 2. The van der Waals surface area contributed by atoms with Gasteiger partial charge in [0, 0.05) is 12.4 Å². The van der Waals surface area contributed by atoms with Gasteiger partial charge >= 0.3 is 5.63 Å². The Morgan fingerprint density at radius 1 is 1.22 bits per heavy atom. The molecule has 0 unspecified atom stereocenters. The first-order valence-electron chi connectivity index (χ1n) is 6.93. The number of aromatic nitrogens is 2. The topological polar surface area (TPSA) is 68.3 Å². The number of fused-ring (bicyclic) bond motifs is 2. The number of halogens is 1. The fraction of sp³-hybridized carbons (Fsp3) is 0.0588. The van der Waals surface area contributed by atoms with E-state index in [0.29, 0.717) is 11.2 Å². The Hall–Kier alpha value is -3.15. The van der Waals surface area contributed by atoms with Gasteiger partial charge in [-0.2, -0.15) is 4.39 Å². The molecular formula is C17H11FN2O3. The molecule has 23 heavy (non-hydrogen) atoms. The predicted octanol–water partition coefficient (Wildman–Crippen LogP) is 3.19. The van der Waals surface area contributed by atoms with E-state index in [9.17, 15) is 14.3 Å². The molecule has 6 heteroatoms. The highest BCUT2D eigenvalue weighted by Crippen LogP contribution is 2.28. The van der Waals surface area contributed by atoms with Crippen molar-refractivity contribution in [1.82, 2.24) is 9.55 Å². The molecule has 0 saturated carbocycles. The molecule has 2 aromatic heterocycles. The Balaban J connectivity index is 2.05. The number of aryl methyl sites for hydroxylation is 1. The summed E-state index contributed by atoms with van der Waals surface area (Å²) in [6.45, 7) is 0. The van der Waals surface area contributed by atoms with Gasteiger partial charge in [0.1, 0.15) is 11.4 Å². The van der Waals surface area contributed by atoms with Crippen molar-refractivity contribution in [2.45, 2.75) is 0 Å². The van der Waals surface area contributed by atoms with Crippen molar-refractivity contribution in [3.63, 3.8) is 0 Å². The van der Waals surface area contributed by atoms with Gasteiger partial charge in [0.25, 0.3) is 0 Å². The maximum absolute atomic E-state index is 13.9. The molecule has 0 aliphatic heterocycles. The highest BCUT2D eigenvalue weighted by molar-refractivity contribution is 5.85. The first-order chi connectivity index (χ1) is 11.1. The highest BCUT2D eigenvalue weighted by atomic mass is 19.1. The molecule has 2 heterocycles. The predicted molar refractivity (Wildman–Crippen MR) is 83.8 cm³/mol. The van der Waals surface area contributed by atoms with Crippen LogP contribution in [0.5, 0.6) is 5.75 Å². The summed E-state index contributed by atoms with van der Waals surface area (Å²) in [5.74, 6) is -1.07. The molecule has 2 aromatic carbocycles. The number of hydrogen-bond acceptors (Lipinski definition) is 4. The second-order valence-electron chi connectivity index (χ2n) is 5.25. The maximum atomic E-state index is 13.9. The molecule has 114 valence electrons. The van der Waals surface area contributed by atoms with E-state index in [-0.39, 0.29) is 11.1 Å². The molecule has 0 amide bonds. The average Bonchev–Trinajstić information content (AvgIpc) is 2.88. The quantitative estimate of drug-likeness (QED) is 0.548. The number of phenols is 1. The summed E-state index contributed by atoms with van der Waals surface area (Å²) >= 11 is 0. The third kappa shape index (κ3) is 1.92. The van der Waals surface area contributed by atoms with Crippen LogP contribution in [0.4, 0.5) is 4.39 Å². The first kappa shape index (κ1) is 13.5. The van der Waals surface area contributed by atoms with Crippen LogP contribution in [0.15, 0.2) is 51.7 Å². The Morgan fingerprint density at radius 3 is 2.78 bits per heavy atom. The molecule has 0 atom stereocenters. The average molecular weight is 310 g/mol. The van der Waals surface area contributed by atoms with Crippen LogP contribution in [0, 0.1) is 5.82 Å². The number of aromatic hydroxyl groups is 1. The Bertz CT molecular complexity index is 1130. The number of para-hydroxylation sites is 2. The maximum Gasteiger partial charge on any atom is 0.347 e. The van der Waals surface area contributed by atoms with Crippen molar-refractivity contribution in [2.24, 2.45) is 7.05 Å². The van der Waals surface area contributed by atoms with Crippen LogP contribution in [0.25, 0.3) is 33.4 Å². The van der Waals surface area contributed by atoms with E-state index in [0.717, 1.165) is 11.0 Å². The Labute approximate surface area is 129 Å². The molecule has 0 bridgehead atoms. The molecule has 0 aliphatic rings. The van der Waals surface area contributed by atoms with Crippen molar-refractivity contribution in [1.29, 1.82) is 0 Å². The van der Waals surface area contributed by atoms with Crippen LogP contribution in [0.2, 0.25) is 0 Å². The monoisotopic (exact) mass is 310 g/mol. The van der Waals surface area contributed by atoms with Gasteiger partial charge in [-0.15, -0.1) is 0 Å². The second-order valence-corrected chi connectivity index (χ2v) is 5.25. The Kier molecular flexibility index (Phi) is 2.74. The molecular weight excluding hydrogens is 299 g/mol. The highest BCUT2D eigenvalue weighted by Gasteiger charge is 2.17. The van der Waals surface area contributed by atoms with E-state index in [2.05, 4.69) is 4.98 Å². The summed E-state index contributed by atoms with van der Waals surface area (Å²) in [5.41, 5.74) is 0.888. The van der Waals surface area contributed by atoms with Crippen LogP contribution in [0.1, 0.15) is 0 Å². The minimum Gasteiger partial charge on any atom is -0.505 e. The van der Waals surface area contributed by atoms with E-state index in [1.165, 1.54) is 18.2 Å². The van der Waals surface area contributed by atoms with E-state index >= 15 is 0 Å². The van der Waals surface area contributed by atoms with Crippen LogP contribution in [-0.4, -0.2) is 14.7 Å². The smallest absolute Gasteiger partial charge is 0.347 e. The van der Waals surface area contributed by atoms with Gasteiger partial charge in [-0.1, -0.05) is 12.1 Å². The number of imidazole rings is 1. The largest absolute Gasteiger partial charge is 0.505 e. The van der Waals surface area contributed by atoms with Gasteiger partial charge in [0.2, 0.25) is 5.82 Å². The molecule has 0 radical (unpaired) electrons. The summed E-state index contributed by atoms with van der Waals surface area (Å²) in [7, 11) is 1.80. The number of phenolic OH excluding ortho intramolecular Hbond substituents is 1. The summed E-state index contributed by atoms with van der Waals surface area (Å²) in [5, 5.41) is 9.76. The summed E-state index contributed by atoms with van der Waals surface area (Å²) < 4.78 is 20.7. The van der Waals surface area contributed by atoms with E-state index in [4.69, 9.17) is 4.42 Å². The van der Waals surface area contributed by atoms with Crippen molar-refractivity contribution in [3.05, 3.63) is 58.7 Å². The lowest BCUT2D eigenvalue weighted by molar-refractivity contribution is 0.425. The van der Waals surface area contributed by atoms with E-state index in [1.54, 1.807) is 11.6 Å². The molecule has 4 aromatic rings. The second kappa shape index (κ2) is 4.67. The summed E-state index contributed by atoms with van der Waals surface area (Å²) in [6, 6.07) is 11.7. The minimum atomic E-state index is -0.948. The van der Waals surface area contributed by atoms with Gasteiger partial charge in [-0.3, -0.25) is 0 Å². The van der Waals surface area contributed by atoms with Gasteiger partial charge < -0.3 is 14.1 Å². The Morgan fingerprint density at radius 2 is 2.00 bits per heavy atom. The van der Waals surface area contributed by atoms with Gasteiger partial charge in [0.15, 0.2) is 11.3 Å². The van der Waals surface area contributed by atoms with Gasteiger partial charge in [-0.05, 0) is 30.3 Å². The fourth-order valence-electron chi connectivity index (χ4n) is 2.68. The van der Waals surface area contributed by atoms with Crippen LogP contribution in [0.3, 0.4) is 0 Å². The first-order valence-corrected chi connectivity index (χ1v) is 6.93. The van der Waals surface area contributed by atoms with Crippen LogP contribution >= 0.6 is 0 Å². The molecule has 0 spiro atoms. The standard InChI is InChI=1S/C17H11FN2O3/c1-20-12-5-3-2-4-11(12)19-16(20)10-8-9-6-7-13(21)14(18)15(9)23-17(10)22/h2-8,21H,1H3. The SMILES string of the molecule is Cn1c(-c2cc3ccc(O)c(F)c3oc2=O)nc2ccccc21. The normalized spacial score (nSPS) is 11.4. The number of nitrogens with zero attached hydrogens (tertiary/aromatic N) is 2. The molecule has 0 aliphatic carbocycles. The third-order valence-corrected chi connectivity index (χ3v) is 3.85. The van der Waals surface area contributed by atoms with Gasteiger partial charge in [-0.25, -0.2) is 9.78 Å². The third-order valence-electron chi connectivity index (χ3n) is 3.85. The summed E-state index contributed by atoms with van der Waals surface area (Å²) in [6.07, 6.45) is 0. The molecule has 0 fully saturated rings. The molecule has 0 saturated heterocycles. The van der Waals surface area contributed by atoms with Crippen LogP contribution < -0.4 is 5.63 Å². The van der Waals surface area contributed by atoms with E-state index < -0.39 is 17.2 Å². The molecule has 4 rings (SSSR count).